The predicted molar refractivity (Wildman–Crippen MR) is 72.5 cm³/mol. The van der Waals surface area contributed by atoms with E-state index in [1.165, 1.54) is 38.5 Å². The minimum Gasteiger partial charge on any atom is -0.464 e. The molecule has 0 amide bonds. The van der Waals surface area contributed by atoms with Gasteiger partial charge in [-0.05, 0) is 20.3 Å². The number of carbonyl (C=O) groups is 1. The van der Waals surface area contributed by atoms with Gasteiger partial charge in [0.25, 0.3) is 0 Å². The lowest BCUT2D eigenvalue weighted by Gasteiger charge is -2.06. The van der Waals surface area contributed by atoms with Crippen molar-refractivity contribution in [1.82, 2.24) is 0 Å². The van der Waals surface area contributed by atoms with E-state index < -0.39 is 0 Å². The molecule has 1 aliphatic rings. The number of hydrogen-bond acceptors (Lipinski definition) is 3. The molecule has 0 N–H and O–H groups in total. The second kappa shape index (κ2) is 7.78. The average Bonchev–Trinajstić information content (AvgIpc) is 3.01. The van der Waals surface area contributed by atoms with E-state index in [0.717, 1.165) is 12.8 Å². The highest BCUT2D eigenvalue weighted by Gasteiger charge is 2.57. The Bertz CT molecular complexity index is 252. The molecule has 3 nitrogen and oxygen atoms in total. The number of rotatable bonds is 10. The van der Waals surface area contributed by atoms with Gasteiger partial charge in [0.15, 0.2) is 6.10 Å². The summed E-state index contributed by atoms with van der Waals surface area (Å²) in [5.74, 6) is -0.192. The van der Waals surface area contributed by atoms with Crippen molar-refractivity contribution in [2.75, 3.05) is 6.61 Å². The van der Waals surface area contributed by atoms with Gasteiger partial charge < -0.3 is 9.47 Å². The van der Waals surface area contributed by atoms with Crippen LogP contribution in [0.25, 0.3) is 0 Å². The topological polar surface area (TPSA) is 38.8 Å². The number of esters is 1. The van der Waals surface area contributed by atoms with E-state index in [-0.39, 0.29) is 17.7 Å². The summed E-state index contributed by atoms with van der Waals surface area (Å²) in [6.45, 7) is 6.52. The minimum atomic E-state index is -0.308. The molecule has 2 atom stereocenters. The van der Waals surface area contributed by atoms with Gasteiger partial charge in [-0.2, -0.15) is 0 Å². The summed E-state index contributed by atoms with van der Waals surface area (Å²) in [6.07, 6.45) is 9.72. The molecule has 0 spiro atoms. The van der Waals surface area contributed by atoms with Crippen molar-refractivity contribution < 1.29 is 14.3 Å². The molecule has 1 aliphatic heterocycles. The maximum atomic E-state index is 11.5. The molecule has 1 fully saturated rings. The highest BCUT2D eigenvalue weighted by Crippen LogP contribution is 2.41. The normalized spacial score (nSPS) is 26.1. The van der Waals surface area contributed by atoms with Gasteiger partial charge in [-0.25, -0.2) is 4.79 Å². The zero-order valence-corrected chi connectivity index (χ0v) is 12.2. The lowest BCUT2D eigenvalue weighted by Crippen LogP contribution is -2.20. The Morgan fingerprint density at radius 2 is 1.72 bits per heavy atom. The van der Waals surface area contributed by atoms with E-state index in [9.17, 15) is 4.79 Å². The van der Waals surface area contributed by atoms with Crippen molar-refractivity contribution in [1.29, 1.82) is 0 Å². The summed E-state index contributed by atoms with van der Waals surface area (Å²) in [4.78, 5) is 11.5. The van der Waals surface area contributed by atoms with Crippen LogP contribution >= 0.6 is 0 Å². The quantitative estimate of drug-likeness (QED) is 0.338. The van der Waals surface area contributed by atoms with Crippen molar-refractivity contribution in [2.24, 2.45) is 0 Å². The van der Waals surface area contributed by atoms with E-state index in [4.69, 9.17) is 9.47 Å². The number of hydrogen-bond donors (Lipinski definition) is 0. The third-order valence-corrected chi connectivity index (χ3v) is 3.66. The molecule has 0 saturated carbocycles. The fourth-order valence-corrected chi connectivity index (χ4v) is 2.37. The molecule has 1 heterocycles. The first-order valence-corrected chi connectivity index (χ1v) is 7.48. The Balaban J connectivity index is 2.01. The molecule has 0 aromatic rings. The molecule has 18 heavy (non-hydrogen) atoms. The number of unbranched alkanes of at least 4 members (excludes halogenated alkanes) is 6. The van der Waals surface area contributed by atoms with Crippen LogP contribution in [-0.2, 0) is 14.3 Å². The molecule has 0 bridgehead atoms. The van der Waals surface area contributed by atoms with Crippen molar-refractivity contribution in [3.63, 3.8) is 0 Å². The first kappa shape index (κ1) is 15.5. The number of ether oxygens (including phenoxy) is 2. The van der Waals surface area contributed by atoms with Gasteiger partial charge in [-0.3, -0.25) is 0 Å². The molecule has 2 unspecified atom stereocenters. The molecular weight excluding hydrogens is 228 g/mol. The van der Waals surface area contributed by atoms with E-state index in [2.05, 4.69) is 6.92 Å². The van der Waals surface area contributed by atoms with Crippen LogP contribution in [0, 0.1) is 0 Å². The van der Waals surface area contributed by atoms with Gasteiger partial charge in [0, 0.05) is 0 Å². The first-order valence-electron chi connectivity index (χ1n) is 7.48. The molecule has 0 aromatic carbocycles. The van der Waals surface area contributed by atoms with Crippen molar-refractivity contribution in [3.05, 3.63) is 0 Å². The molecular formula is C15H28O3. The van der Waals surface area contributed by atoms with Crippen LogP contribution in [-0.4, -0.2) is 24.3 Å². The number of carbonyl (C=O) groups excluding carboxylic acids is 1. The SMILES string of the molecule is CCCCCCCCCC1(C)OC1C(=O)OCC. The second-order valence-electron chi connectivity index (χ2n) is 5.43. The molecule has 0 aliphatic carbocycles. The minimum absolute atomic E-state index is 0.192. The lowest BCUT2D eigenvalue weighted by atomic mass is 9.98. The van der Waals surface area contributed by atoms with Gasteiger partial charge in [0.1, 0.15) is 5.60 Å². The molecule has 1 saturated heterocycles. The fourth-order valence-electron chi connectivity index (χ4n) is 2.37. The van der Waals surface area contributed by atoms with Gasteiger partial charge in [0.05, 0.1) is 6.61 Å². The maximum absolute atomic E-state index is 11.5. The van der Waals surface area contributed by atoms with Crippen molar-refractivity contribution in [3.8, 4) is 0 Å². The van der Waals surface area contributed by atoms with E-state index in [1.807, 2.05) is 13.8 Å². The highest BCUT2D eigenvalue weighted by molar-refractivity contribution is 5.79. The van der Waals surface area contributed by atoms with Crippen LogP contribution in [0.4, 0.5) is 0 Å². The van der Waals surface area contributed by atoms with Gasteiger partial charge in [0.2, 0.25) is 0 Å². The Kier molecular flexibility index (Phi) is 6.69. The van der Waals surface area contributed by atoms with Crippen LogP contribution in [0.1, 0.15) is 72.1 Å². The van der Waals surface area contributed by atoms with Crippen LogP contribution in [0.3, 0.4) is 0 Å². The summed E-state index contributed by atoms with van der Waals surface area (Å²) in [7, 11) is 0. The largest absolute Gasteiger partial charge is 0.464 e. The zero-order chi connectivity index (χ0) is 13.4. The molecule has 1 rings (SSSR count). The van der Waals surface area contributed by atoms with E-state index >= 15 is 0 Å². The lowest BCUT2D eigenvalue weighted by molar-refractivity contribution is -0.144. The van der Waals surface area contributed by atoms with Gasteiger partial charge >= 0.3 is 5.97 Å². The summed E-state index contributed by atoms with van der Waals surface area (Å²) in [6, 6.07) is 0. The summed E-state index contributed by atoms with van der Waals surface area (Å²) >= 11 is 0. The first-order chi connectivity index (χ1) is 8.64. The van der Waals surface area contributed by atoms with Crippen LogP contribution in [0.2, 0.25) is 0 Å². The standard InChI is InChI=1S/C15H28O3/c1-4-6-7-8-9-10-11-12-15(3)13(18-15)14(16)17-5-2/h13H,4-12H2,1-3H3. The zero-order valence-electron chi connectivity index (χ0n) is 12.2. The Morgan fingerprint density at radius 3 is 2.33 bits per heavy atom. The summed E-state index contributed by atoms with van der Waals surface area (Å²) < 4.78 is 10.5. The summed E-state index contributed by atoms with van der Waals surface area (Å²) in [5, 5.41) is 0. The molecule has 0 aromatic heterocycles. The fraction of sp³-hybridized carbons (Fsp3) is 0.933. The Morgan fingerprint density at radius 1 is 1.11 bits per heavy atom. The number of epoxide rings is 1. The van der Waals surface area contributed by atoms with Crippen molar-refractivity contribution in [2.45, 2.75) is 83.8 Å². The van der Waals surface area contributed by atoms with Crippen molar-refractivity contribution >= 4 is 5.97 Å². The third-order valence-electron chi connectivity index (χ3n) is 3.66. The second-order valence-corrected chi connectivity index (χ2v) is 5.43. The predicted octanol–water partition coefficient (Wildman–Crippen LogP) is 3.85. The van der Waals surface area contributed by atoms with Crippen LogP contribution in [0.15, 0.2) is 0 Å². The molecule has 3 heteroatoms. The maximum Gasteiger partial charge on any atom is 0.338 e. The van der Waals surface area contributed by atoms with E-state index in [0.29, 0.717) is 6.61 Å². The molecule has 106 valence electrons. The smallest absolute Gasteiger partial charge is 0.338 e. The average molecular weight is 256 g/mol. The van der Waals surface area contributed by atoms with Crippen LogP contribution in [0.5, 0.6) is 0 Å². The third kappa shape index (κ3) is 4.97. The Labute approximate surface area is 111 Å². The monoisotopic (exact) mass is 256 g/mol. The van der Waals surface area contributed by atoms with Gasteiger partial charge in [-0.1, -0.05) is 51.9 Å². The Hall–Kier alpha value is -0.570. The summed E-state index contributed by atoms with van der Waals surface area (Å²) in [5.41, 5.74) is -0.240. The van der Waals surface area contributed by atoms with E-state index in [1.54, 1.807) is 0 Å². The molecule has 0 radical (unpaired) electrons. The highest BCUT2D eigenvalue weighted by atomic mass is 16.7. The van der Waals surface area contributed by atoms with Crippen LogP contribution < -0.4 is 0 Å². The van der Waals surface area contributed by atoms with Gasteiger partial charge in [-0.15, -0.1) is 0 Å².